The molecule has 2 aromatic rings. The van der Waals surface area contributed by atoms with Gasteiger partial charge in [0.2, 0.25) is 10.0 Å². The molecule has 1 unspecified atom stereocenters. The predicted octanol–water partition coefficient (Wildman–Crippen LogP) is 2.17. The normalized spacial score (nSPS) is 17.0. The smallest absolute Gasteiger partial charge is 0.309 e. The standard InChI is InChI=1S/C19H27N3O5S/c1-4-14(3)19(23)27-13-18-20-16-12-15(6-7-17(16)22(18)5-2)28(24,25)21-8-10-26-11-9-21/h6-7,12,14H,4-5,8-11,13H2,1-3H3. The number of carbonyl (C=O) groups is 1. The van der Waals surface area contributed by atoms with Crippen molar-refractivity contribution in [1.29, 1.82) is 0 Å². The van der Waals surface area contributed by atoms with Crippen LogP contribution in [0.25, 0.3) is 11.0 Å². The van der Waals surface area contributed by atoms with Crippen molar-refractivity contribution in [3.05, 3.63) is 24.0 Å². The third-order valence-electron chi connectivity index (χ3n) is 5.08. The monoisotopic (exact) mass is 409 g/mol. The first-order valence-electron chi connectivity index (χ1n) is 9.62. The third-order valence-corrected chi connectivity index (χ3v) is 6.98. The van der Waals surface area contributed by atoms with Crippen LogP contribution in [0.2, 0.25) is 0 Å². The summed E-state index contributed by atoms with van der Waals surface area (Å²) in [6, 6.07) is 4.96. The van der Waals surface area contributed by atoms with E-state index >= 15 is 0 Å². The topological polar surface area (TPSA) is 90.7 Å². The molecule has 0 aliphatic carbocycles. The number of carbonyl (C=O) groups excluding carboxylic acids is 1. The Hall–Kier alpha value is -1.97. The fourth-order valence-corrected chi connectivity index (χ4v) is 4.59. The quantitative estimate of drug-likeness (QED) is 0.651. The van der Waals surface area contributed by atoms with E-state index in [1.165, 1.54) is 4.31 Å². The van der Waals surface area contributed by atoms with Gasteiger partial charge in [0, 0.05) is 19.6 Å². The zero-order valence-electron chi connectivity index (χ0n) is 16.6. The van der Waals surface area contributed by atoms with Crippen LogP contribution in [0.15, 0.2) is 23.1 Å². The molecule has 0 bridgehead atoms. The second kappa shape index (κ2) is 8.59. The first kappa shape index (κ1) is 20.8. The largest absolute Gasteiger partial charge is 0.457 e. The Bertz CT molecular complexity index is 948. The van der Waals surface area contributed by atoms with Gasteiger partial charge < -0.3 is 14.0 Å². The summed E-state index contributed by atoms with van der Waals surface area (Å²) in [7, 11) is -3.59. The lowest BCUT2D eigenvalue weighted by atomic mass is 10.1. The van der Waals surface area contributed by atoms with Gasteiger partial charge in [-0.3, -0.25) is 4.79 Å². The summed E-state index contributed by atoms with van der Waals surface area (Å²) in [4.78, 5) is 16.7. The molecule has 1 aliphatic rings. The van der Waals surface area contributed by atoms with E-state index in [1.807, 2.05) is 25.3 Å². The maximum atomic E-state index is 12.9. The highest BCUT2D eigenvalue weighted by Gasteiger charge is 2.27. The number of sulfonamides is 1. The first-order chi connectivity index (χ1) is 13.4. The molecule has 28 heavy (non-hydrogen) atoms. The lowest BCUT2D eigenvalue weighted by Gasteiger charge is -2.26. The Labute approximate surface area is 165 Å². The second-order valence-corrected chi connectivity index (χ2v) is 8.79. The zero-order valence-corrected chi connectivity index (χ0v) is 17.4. The van der Waals surface area contributed by atoms with Crippen molar-refractivity contribution >= 4 is 27.0 Å². The lowest BCUT2D eigenvalue weighted by molar-refractivity contribution is -0.149. The van der Waals surface area contributed by atoms with E-state index in [4.69, 9.17) is 9.47 Å². The number of hydrogen-bond donors (Lipinski definition) is 0. The molecule has 0 spiro atoms. The highest BCUT2D eigenvalue weighted by Crippen LogP contribution is 2.24. The van der Waals surface area contributed by atoms with Gasteiger partial charge in [-0.05, 0) is 31.5 Å². The van der Waals surface area contributed by atoms with E-state index < -0.39 is 10.0 Å². The Morgan fingerprint density at radius 2 is 2.00 bits per heavy atom. The highest BCUT2D eigenvalue weighted by molar-refractivity contribution is 7.89. The number of nitrogens with zero attached hydrogens (tertiary/aromatic N) is 3. The zero-order chi connectivity index (χ0) is 20.3. The number of ether oxygens (including phenoxy) is 2. The van der Waals surface area contributed by atoms with E-state index in [2.05, 4.69) is 4.98 Å². The molecule has 8 nitrogen and oxygen atoms in total. The number of esters is 1. The lowest BCUT2D eigenvalue weighted by Crippen LogP contribution is -2.40. The molecule has 1 aromatic carbocycles. The molecule has 0 radical (unpaired) electrons. The summed E-state index contributed by atoms with van der Waals surface area (Å²) in [6.45, 7) is 7.94. The predicted molar refractivity (Wildman–Crippen MR) is 104 cm³/mol. The number of benzene rings is 1. The molecule has 0 N–H and O–H groups in total. The molecule has 9 heteroatoms. The summed E-state index contributed by atoms with van der Waals surface area (Å²) in [6.07, 6.45) is 0.714. The van der Waals surface area contributed by atoms with Crippen molar-refractivity contribution in [1.82, 2.24) is 13.9 Å². The SMILES string of the molecule is CCC(C)C(=O)OCc1nc2cc(S(=O)(=O)N3CCOCC3)ccc2n1CC. The van der Waals surface area contributed by atoms with Crippen LogP contribution in [0.5, 0.6) is 0 Å². The molecular weight excluding hydrogens is 382 g/mol. The van der Waals surface area contributed by atoms with Gasteiger partial charge in [-0.25, -0.2) is 13.4 Å². The molecule has 1 fully saturated rings. The average Bonchev–Trinajstić information content (AvgIpc) is 3.08. The summed E-state index contributed by atoms with van der Waals surface area (Å²) in [5, 5.41) is 0. The van der Waals surface area contributed by atoms with Crippen molar-refractivity contribution in [2.24, 2.45) is 5.92 Å². The Morgan fingerprint density at radius 1 is 1.29 bits per heavy atom. The van der Waals surface area contributed by atoms with Crippen molar-refractivity contribution < 1.29 is 22.7 Å². The Morgan fingerprint density at radius 3 is 2.64 bits per heavy atom. The van der Waals surface area contributed by atoms with Crippen LogP contribution < -0.4 is 0 Å². The second-order valence-electron chi connectivity index (χ2n) is 6.86. The van der Waals surface area contributed by atoms with Crippen molar-refractivity contribution in [3.8, 4) is 0 Å². The molecule has 0 saturated carbocycles. The third kappa shape index (κ3) is 4.06. The molecule has 0 amide bonds. The molecule has 2 heterocycles. The van der Waals surface area contributed by atoms with Crippen LogP contribution in [-0.4, -0.2) is 54.5 Å². The van der Waals surface area contributed by atoms with Crippen molar-refractivity contribution in [2.75, 3.05) is 26.3 Å². The van der Waals surface area contributed by atoms with Crippen LogP contribution in [0.4, 0.5) is 0 Å². The molecule has 3 rings (SSSR count). The molecule has 1 saturated heterocycles. The van der Waals surface area contributed by atoms with Crippen molar-refractivity contribution in [3.63, 3.8) is 0 Å². The minimum Gasteiger partial charge on any atom is -0.457 e. The summed E-state index contributed by atoms with van der Waals surface area (Å²) in [5.74, 6) is 0.188. The summed E-state index contributed by atoms with van der Waals surface area (Å²) >= 11 is 0. The molecule has 154 valence electrons. The van der Waals surface area contributed by atoms with E-state index in [0.717, 1.165) is 5.52 Å². The van der Waals surface area contributed by atoms with Gasteiger partial charge in [-0.1, -0.05) is 13.8 Å². The van der Waals surface area contributed by atoms with Crippen LogP contribution in [-0.2, 0) is 37.4 Å². The van der Waals surface area contributed by atoms with Crippen LogP contribution in [0.1, 0.15) is 33.0 Å². The van der Waals surface area contributed by atoms with Gasteiger partial charge >= 0.3 is 5.97 Å². The summed E-state index contributed by atoms with van der Waals surface area (Å²) < 4.78 is 39.8. The van der Waals surface area contributed by atoms with Gasteiger partial charge in [0.1, 0.15) is 12.4 Å². The fourth-order valence-electron chi connectivity index (χ4n) is 3.16. The highest BCUT2D eigenvalue weighted by atomic mass is 32.2. The van der Waals surface area contributed by atoms with Crippen LogP contribution in [0, 0.1) is 5.92 Å². The van der Waals surface area contributed by atoms with Crippen LogP contribution >= 0.6 is 0 Å². The molecule has 1 aliphatic heterocycles. The fraction of sp³-hybridized carbons (Fsp3) is 0.579. The van der Waals surface area contributed by atoms with Gasteiger partial charge in [0.15, 0.2) is 0 Å². The van der Waals surface area contributed by atoms with Gasteiger partial charge in [0.05, 0.1) is 35.1 Å². The molecule has 1 atom stereocenters. The van der Waals surface area contributed by atoms with Gasteiger partial charge in [-0.2, -0.15) is 4.31 Å². The number of rotatable bonds is 7. The number of aromatic nitrogens is 2. The Kier molecular flexibility index (Phi) is 6.36. The minimum absolute atomic E-state index is 0.0667. The number of hydrogen-bond acceptors (Lipinski definition) is 6. The maximum Gasteiger partial charge on any atom is 0.309 e. The van der Waals surface area contributed by atoms with E-state index in [0.29, 0.717) is 50.6 Å². The minimum atomic E-state index is -3.59. The maximum absolute atomic E-state index is 12.9. The molecular formula is C19H27N3O5S. The van der Waals surface area contributed by atoms with Crippen LogP contribution in [0.3, 0.4) is 0 Å². The number of aryl methyl sites for hydroxylation is 1. The number of imidazole rings is 1. The number of morpholine rings is 1. The van der Waals surface area contributed by atoms with E-state index in [-0.39, 0.29) is 23.4 Å². The van der Waals surface area contributed by atoms with Gasteiger partial charge in [-0.15, -0.1) is 0 Å². The van der Waals surface area contributed by atoms with E-state index in [9.17, 15) is 13.2 Å². The van der Waals surface area contributed by atoms with Gasteiger partial charge in [0.25, 0.3) is 0 Å². The van der Waals surface area contributed by atoms with Crippen molar-refractivity contribution in [2.45, 2.75) is 45.2 Å². The Balaban J connectivity index is 1.89. The van der Waals surface area contributed by atoms with E-state index in [1.54, 1.807) is 18.2 Å². The number of fused-ring (bicyclic) bond motifs is 1. The first-order valence-corrected chi connectivity index (χ1v) is 11.1. The summed E-state index contributed by atoms with van der Waals surface area (Å²) in [5.41, 5.74) is 1.39. The molecule has 1 aromatic heterocycles. The average molecular weight is 410 g/mol.